The van der Waals surface area contributed by atoms with Crippen molar-refractivity contribution in [1.82, 2.24) is 0 Å². The first-order valence-corrected chi connectivity index (χ1v) is 6.71. The van der Waals surface area contributed by atoms with E-state index in [4.69, 9.17) is 11.6 Å². The van der Waals surface area contributed by atoms with Crippen LogP contribution in [0.25, 0.3) is 6.08 Å². The van der Waals surface area contributed by atoms with Crippen molar-refractivity contribution in [2.45, 2.75) is 19.3 Å². The topological polar surface area (TPSA) is 0 Å². The van der Waals surface area contributed by atoms with Gasteiger partial charge in [-0.1, -0.05) is 67.1 Å². The van der Waals surface area contributed by atoms with E-state index in [1.807, 2.05) is 30.4 Å². The number of halogens is 2. The van der Waals surface area contributed by atoms with Crippen molar-refractivity contribution in [3.63, 3.8) is 0 Å². The van der Waals surface area contributed by atoms with Gasteiger partial charge in [0.15, 0.2) is 0 Å². The zero-order valence-electron chi connectivity index (χ0n) is 10.8. The van der Waals surface area contributed by atoms with E-state index in [1.54, 1.807) is 12.1 Å². The van der Waals surface area contributed by atoms with E-state index in [0.29, 0.717) is 16.5 Å². The molecule has 0 aliphatic carbocycles. The Balaban J connectivity index is 2.00. The van der Waals surface area contributed by atoms with Crippen LogP contribution in [0.15, 0.2) is 54.6 Å². The monoisotopic (exact) mass is 274 g/mol. The largest absolute Gasteiger partial charge is 0.206 e. The third-order valence-corrected chi connectivity index (χ3v) is 3.35. The standard InChI is InChI=1S/C17H16ClF/c1-13(14-7-3-2-4-8-14)6-5-9-15-10-11-16(18)12-17(15)19/h2-5,7-13H,6H2,1H3. The lowest BCUT2D eigenvalue weighted by Crippen LogP contribution is -1.90. The molecule has 2 rings (SSSR count). The zero-order chi connectivity index (χ0) is 13.7. The lowest BCUT2D eigenvalue weighted by molar-refractivity contribution is 0.625. The summed E-state index contributed by atoms with van der Waals surface area (Å²) in [5, 5.41) is 0.423. The van der Waals surface area contributed by atoms with E-state index >= 15 is 0 Å². The molecule has 0 nitrogen and oxygen atoms in total. The lowest BCUT2D eigenvalue weighted by atomic mass is 9.97. The lowest BCUT2D eigenvalue weighted by Gasteiger charge is -2.08. The smallest absolute Gasteiger partial charge is 0.131 e. The van der Waals surface area contributed by atoms with Crippen LogP contribution in [0.2, 0.25) is 5.02 Å². The molecule has 0 N–H and O–H groups in total. The average molecular weight is 275 g/mol. The van der Waals surface area contributed by atoms with Crippen molar-refractivity contribution in [1.29, 1.82) is 0 Å². The van der Waals surface area contributed by atoms with Crippen molar-refractivity contribution >= 4 is 17.7 Å². The van der Waals surface area contributed by atoms with Gasteiger partial charge in [0.2, 0.25) is 0 Å². The number of allylic oxidation sites excluding steroid dienone is 1. The van der Waals surface area contributed by atoms with Gasteiger partial charge >= 0.3 is 0 Å². The fourth-order valence-corrected chi connectivity index (χ4v) is 2.11. The predicted molar refractivity (Wildman–Crippen MR) is 79.9 cm³/mol. The molecule has 0 saturated heterocycles. The van der Waals surface area contributed by atoms with Gasteiger partial charge < -0.3 is 0 Å². The molecule has 1 unspecified atom stereocenters. The Labute approximate surface area is 118 Å². The van der Waals surface area contributed by atoms with Gasteiger partial charge in [-0.3, -0.25) is 0 Å². The molecule has 0 radical (unpaired) electrons. The Kier molecular flexibility index (Phi) is 4.75. The highest BCUT2D eigenvalue weighted by Gasteiger charge is 2.03. The van der Waals surface area contributed by atoms with Crippen LogP contribution in [0.3, 0.4) is 0 Å². The second-order valence-corrected chi connectivity index (χ2v) is 5.05. The van der Waals surface area contributed by atoms with Gasteiger partial charge in [-0.15, -0.1) is 0 Å². The van der Waals surface area contributed by atoms with Gasteiger partial charge in [-0.25, -0.2) is 4.39 Å². The van der Waals surface area contributed by atoms with Gasteiger partial charge in [-0.2, -0.15) is 0 Å². The summed E-state index contributed by atoms with van der Waals surface area (Å²) >= 11 is 5.72. The second kappa shape index (κ2) is 6.53. The van der Waals surface area contributed by atoms with E-state index < -0.39 is 0 Å². The zero-order valence-corrected chi connectivity index (χ0v) is 11.6. The highest BCUT2D eigenvalue weighted by molar-refractivity contribution is 6.30. The van der Waals surface area contributed by atoms with Gasteiger partial charge in [0, 0.05) is 10.6 Å². The number of hydrogen-bond donors (Lipinski definition) is 0. The average Bonchev–Trinajstić information content (AvgIpc) is 2.42. The summed E-state index contributed by atoms with van der Waals surface area (Å²) in [7, 11) is 0. The Hall–Kier alpha value is -1.60. The third-order valence-electron chi connectivity index (χ3n) is 3.12. The molecule has 0 heterocycles. The van der Waals surface area contributed by atoms with Crippen LogP contribution < -0.4 is 0 Å². The minimum Gasteiger partial charge on any atom is -0.206 e. The highest BCUT2D eigenvalue weighted by Crippen LogP contribution is 2.20. The van der Waals surface area contributed by atoms with Gasteiger partial charge in [0.1, 0.15) is 5.82 Å². The fourth-order valence-electron chi connectivity index (χ4n) is 1.95. The molecule has 19 heavy (non-hydrogen) atoms. The molecule has 0 bridgehead atoms. The quantitative estimate of drug-likeness (QED) is 0.672. The fraction of sp³-hybridized carbons (Fsp3) is 0.176. The Morgan fingerprint density at radius 2 is 1.89 bits per heavy atom. The van der Waals surface area contributed by atoms with Gasteiger partial charge in [0.05, 0.1) is 0 Å². The van der Waals surface area contributed by atoms with Crippen LogP contribution in [0.5, 0.6) is 0 Å². The molecule has 2 aromatic rings. The Morgan fingerprint density at radius 1 is 1.16 bits per heavy atom. The Bertz CT molecular complexity index is 561. The maximum absolute atomic E-state index is 13.6. The first-order chi connectivity index (χ1) is 9.16. The Morgan fingerprint density at radius 3 is 2.58 bits per heavy atom. The van der Waals surface area contributed by atoms with Crippen molar-refractivity contribution < 1.29 is 4.39 Å². The van der Waals surface area contributed by atoms with Crippen molar-refractivity contribution in [2.24, 2.45) is 0 Å². The molecule has 0 spiro atoms. The van der Waals surface area contributed by atoms with Gasteiger partial charge in [-0.05, 0) is 30.0 Å². The van der Waals surface area contributed by atoms with Crippen LogP contribution in [0.1, 0.15) is 30.4 Å². The SMILES string of the molecule is CC(CC=Cc1ccc(Cl)cc1F)c1ccccc1. The summed E-state index contributed by atoms with van der Waals surface area (Å²) in [4.78, 5) is 0. The van der Waals surface area contributed by atoms with Crippen LogP contribution in [-0.2, 0) is 0 Å². The maximum Gasteiger partial charge on any atom is 0.131 e. The van der Waals surface area contributed by atoms with Gasteiger partial charge in [0.25, 0.3) is 0 Å². The number of rotatable bonds is 4. The number of hydrogen-bond acceptors (Lipinski definition) is 0. The van der Waals surface area contributed by atoms with E-state index in [9.17, 15) is 4.39 Å². The van der Waals surface area contributed by atoms with Crippen molar-refractivity contribution in [3.05, 3.63) is 76.6 Å². The normalized spacial score (nSPS) is 12.8. The molecular formula is C17H16ClF. The summed E-state index contributed by atoms with van der Waals surface area (Å²) in [6.45, 7) is 2.16. The van der Waals surface area contributed by atoms with Crippen LogP contribution in [0.4, 0.5) is 4.39 Å². The van der Waals surface area contributed by atoms with E-state index in [1.165, 1.54) is 11.6 Å². The number of benzene rings is 2. The van der Waals surface area contributed by atoms with E-state index in [2.05, 4.69) is 19.1 Å². The molecule has 0 aliphatic heterocycles. The van der Waals surface area contributed by atoms with Crippen LogP contribution in [-0.4, -0.2) is 0 Å². The van der Waals surface area contributed by atoms with Crippen molar-refractivity contribution in [3.8, 4) is 0 Å². The second-order valence-electron chi connectivity index (χ2n) is 4.62. The summed E-state index contributed by atoms with van der Waals surface area (Å²) in [5.74, 6) is 0.143. The minimum absolute atomic E-state index is 0.281. The summed E-state index contributed by atoms with van der Waals surface area (Å²) in [6.07, 6.45) is 4.70. The summed E-state index contributed by atoms with van der Waals surface area (Å²) < 4.78 is 13.6. The molecule has 0 amide bonds. The molecule has 2 aromatic carbocycles. The maximum atomic E-state index is 13.6. The summed E-state index contributed by atoms with van der Waals surface area (Å²) in [5.41, 5.74) is 1.87. The molecule has 2 heteroatoms. The first kappa shape index (κ1) is 13.8. The van der Waals surface area contributed by atoms with Crippen LogP contribution >= 0.6 is 11.6 Å². The molecule has 0 aliphatic rings. The summed E-state index contributed by atoms with van der Waals surface area (Å²) in [6, 6.07) is 15.0. The van der Waals surface area contributed by atoms with E-state index in [-0.39, 0.29) is 5.82 Å². The highest BCUT2D eigenvalue weighted by atomic mass is 35.5. The molecular weight excluding hydrogens is 259 g/mol. The molecule has 0 aromatic heterocycles. The molecule has 0 fully saturated rings. The van der Waals surface area contributed by atoms with Crippen molar-refractivity contribution in [2.75, 3.05) is 0 Å². The van der Waals surface area contributed by atoms with Crippen LogP contribution in [0, 0.1) is 5.82 Å². The first-order valence-electron chi connectivity index (χ1n) is 6.33. The van der Waals surface area contributed by atoms with E-state index in [0.717, 1.165) is 6.42 Å². The molecule has 1 atom stereocenters. The predicted octanol–water partition coefficient (Wildman–Crippen LogP) is 5.69. The third kappa shape index (κ3) is 3.93. The molecule has 98 valence electrons. The molecule has 0 saturated carbocycles. The minimum atomic E-state index is -0.281.